The van der Waals surface area contributed by atoms with Gasteiger partial charge in [-0.3, -0.25) is 9.52 Å². The third-order valence-corrected chi connectivity index (χ3v) is 7.70. The minimum atomic E-state index is -3.77. The zero-order chi connectivity index (χ0) is 22.7. The fourth-order valence-corrected chi connectivity index (χ4v) is 5.73. The minimum absolute atomic E-state index is 0.0562. The van der Waals surface area contributed by atoms with Gasteiger partial charge in [0, 0.05) is 41.1 Å². The molecule has 3 aromatic rings. The SMILES string of the molecule is O=C(Nc1ccc(S(=O)(=O)Nc2nccs2)cc1)C(CCO)N1CCc2c(Cl)cccc21. The molecule has 0 aliphatic carbocycles. The van der Waals surface area contributed by atoms with Crippen LogP contribution in [0.5, 0.6) is 0 Å². The highest BCUT2D eigenvalue weighted by atomic mass is 35.5. The van der Waals surface area contributed by atoms with Gasteiger partial charge in [-0.1, -0.05) is 17.7 Å². The number of halogens is 1. The summed E-state index contributed by atoms with van der Waals surface area (Å²) < 4.78 is 27.3. The molecule has 1 aliphatic heterocycles. The third-order valence-electron chi connectivity index (χ3n) is 5.17. The molecule has 4 rings (SSSR count). The molecule has 168 valence electrons. The summed E-state index contributed by atoms with van der Waals surface area (Å²) in [6, 6.07) is 10.9. The van der Waals surface area contributed by atoms with Crippen LogP contribution in [-0.4, -0.2) is 43.6 Å². The Morgan fingerprint density at radius 1 is 1.25 bits per heavy atom. The van der Waals surface area contributed by atoms with Crippen molar-refractivity contribution < 1.29 is 18.3 Å². The van der Waals surface area contributed by atoms with E-state index in [0.29, 0.717) is 17.3 Å². The van der Waals surface area contributed by atoms with E-state index in [9.17, 15) is 18.3 Å². The fraction of sp³-hybridized carbons (Fsp3) is 0.238. The smallest absolute Gasteiger partial charge is 0.263 e. The zero-order valence-corrected chi connectivity index (χ0v) is 19.3. The molecule has 0 saturated carbocycles. The Morgan fingerprint density at radius 3 is 2.72 bits per heavy atom. The number of aromatic nitrogens is 1. The van der Waals surface area contributed by atoms with Crippen LogP contribution in [0.15, 0.2) is 58.9 Å². The normalized spacial score (nSPS) is 14.1. The van der Waals surface area contributed by atoms with E-state index in [1.54, 1.807) is 5.38 Å². The molecular formula is C21H21ClN4O4S2. The summed E-state index contributed by atoms with van der Waals surface area (Å²) in [6.45, 7) is 0.473. The summed E-state index contributed by atoms with van der Waals surface area (Å²) in [5.41, 5.74) is 2.34. The molecule has 0 bridgehead atoms. The number of thiazole rings is 1. The lowest BCUT2D eigenvalue weighted by Gasteiger charge is -2.29. The van der Waals surface area contributed by atoms with E-state index >= 15 is 0 Å². The number of sulfonamides is 1. The first-order chi connectivity index (χ1) is 15.4. The van der Waals surface area contributed by atoms with Crippen molar-refractivity contribution in [3.05, 3.63) is 64.6 Å². The summed E-state index contributed by atoms with van der Waals surface area (Å²) in [5.74, 6) is -0.289. The van der Waals surface area contributed by atoms with Crippen molar-refractivity contribution in [1.29, 1.82) is 0 Å². The maximum Gasteiger partial charge on any atom is 0.263 e. The Hall–Kier alpha value is -2.66. The van der Waals surface area contributed by atoms with Crippen LogP contribution >= 0.6 is 22.9 Å². The van der Waals surface area contributed by atoms with Gasteiger partial charge in [-0.15, -0.1) is 11.3 Å². The maximum atomic E-state index is 13.0. The van der Waals surface area contributed by atoms with Crippen LogP contribution in [0.3, 0.4) is 0 Å². The van der Waals surface area contributed by atoms with Crippen LogP contribution in [0.4, 0.5) is 16.5 Å². The molecule has 2 aromatic carbocycles. The summed E-state index contributed by atoms with van der Waals surface area (Å²) in [7, 11) is -3.77. The summed E-state index contributed by atoms with van der Waals surface area (Å²) in [6.07, 6.45) is 2.49. The highest BCUT2D eigenvalue weighted by molar-refractivity contribution is 7.93. The number of aliphatic hydroxyl groups excluding tert-OH is 1. The van der Waals surface area contributed by atoms with Gasteiger partial charge in [-0.2, -0.15) is 0 Å². The number of carbonyl (C=O) groups is 1. The molecule has 11 heteroatoms. The Morgan fingerprint density at radius 2 is 2.03 bits per heavy atom. The first-order valence-corrected chi connectivity index (χ1v) is 12.6. The van der Waals surface area contributed by atoms with E-state index in [1.165, 1.54) is 41.8 Å². The maximum absolute atomic E-state index is 13.0. The van der Waals surface area contributed by atoms with Gasteiger partial charge in [-0.25, -0.2) is 13.4 Å². The second-order valence-electron chi connectivity index (χ2n) is 7.17. The molecule has 1 amide bonds. The highest BCUT2D eigenvalue weighted by Gasteiger charge is 2.31. The van der Waals surface area contributed by atoms with Gasteiger partial charge in [0.05, 0.1) is 4.90 Å². The average Bonchev–Trinajstić information content (AvgIpc) is 3.42. The first-order valence-electron chi connectivity index (χ1n) is 9.87. The fourth-order valence-electron chi connectivity index (χ4n) is 3.68. The largest absolute Gasteiger partial charge is 0.396 e. The predicted octanol–water partition coefficient (Wildman–Crippen LogP) is 3.35. The quantitative estimate of drug-likeness (QED) is 0.444. The van der Waals surface area contributed by atoms with E-state index in [2.05, 4.69) is 15.0 Å². The van der Waals surface area contributed by atoms with Crippen molar-refractivity contribution in [2.75, 3.05) is 28.1 Å². The minimum Gasteiger partial charge on any atom is -0.396 e. The predicted molar refractivity (Wildman–Crippen MR) is 126 cm³/mol. The Kier molecular flexibility index (Phi) is 6.66. The highest BCUT2D eigenvalue weighted by Crippen LogP contribution is 2.35. The molecule has 0 radical (unpaired) electrons. The van der Waals surface area contributed by atoms with E-state index in [-0.39, 0.29) is 29.0 Å². The number of hydrogen-bond acceptors (Lipinski definition) is 7. The summed E-state index contributed by atoms with van der Waals surface area (Å²) in [5, 5.41) is 15.0. The number of fused-ring (bicyclic) bond motifs is 1. The second-order valence-corrected chi connectivity index (χ2v) is 10.1. The molecule has 1 aliphatic rings. The molecule has 0 fully saturated rings. The van der Waals surface area contributed by atoms with Crippen molar-refractivity contribution in [1.82, 2.24) is 4.98 Å². The van der Waals surface area contributed by atoms with Gasteiger partial charge in [0.2, 0.25) is 5.91 Å². The molecule has 0 saturated heterocycles. The second kappa shape index (κ2) is 9.45. The van der Waals surface area contributed by atoms with Crippen LogP contribution in [0.1, 0.15) is 12.0 Å². The van der Waals surface area contributed by atoms with Crippen molar-refractivity contribution in [3.63, 3.8) is 0 Å². The molecule has 1 aromatic heterocycles. The lowest BCUT2D eigenvalue weighted by atomic mass is 10.1. The van der Waals surface area contributed by atoms with Crippen molar-refractivity contribution in [2.24, 2.45) is 0 Å². The summed E-state index contributed by atoms with van der Waals surface area (Å²) in [4.78, 5) is 19.0. The van der Waals surface area contributed by atoms with Gasteiger partial charge in [0.25, 0.3) is 10.0 Å². The number of aliphatic hydroxyl groups is 1. The topological polar surface area (TPSA) is 112 Å². The number of hydrogen-bond donors (Lipinski definition) is 3. The molecule has 2 heterocycles. The van der Waals surface area contributed by atoms with Crippen molar-refractivity contribution in [3.8, 4) is 0 Å². The monoisotopic (exact) mass is 492 g/mol. The van der Waals surface area contributed by atoms with Crippen LogP contribution in [0.2, 0.25) is 5.02 Å². The number of carbonyl (C=O) groups excluding carboxylic acids is 1. The number of nitrogens with zero attached hydrogens (tertiary/aromatic N) is 2. The lowest BCUT2D eigenvalue weighted by Crippen LogP contribution is -2.44. The first kappa shape index (κ1) is 22.5. The van der Waals surface area contributed by atoms with Crippen molar-refractivity contribution >= 4 is 55.4 Å². The van der Waals surface area contributed by atoms with Gasteiger partial charge < -0.3 is 15.3 Å². The van der Waals surface area contributed by atoms with Gasteiger partial charge in [-0.05, 0) is 54.8 Å². The summed E-state index contributed by atoms with van der Waals surface area (Å²) >= 11 is 7.47. The van der Waals surface area contributed by atoms with Crippen LogP contribution in [0, 0.1) is 0 Å². The molecule has 0 spiro atoms. The van der Waals surface area contributed by atoms with Crippen LogP contribution < -0.4 is 14.9 Å². The van der Waals surface area contributed by atoms with Crippen LogP contribution in [0.25, 0.3) is 0 Å². The average molecular weight is 493 g/mol. The molecule has 1 unspecified atom stereocenters. The number of anilines is 3. The molecular weight excluding hydrogens is 472 g/mol. The number of nitrogens with one attached hydrogen (secondary N) is 2. The van der Waals surface area contributed by atoms with Gasteiger partial charge >= 0.3 is 0 Å². The van der Waals surface area contributed by atoms with E-state index < -0.39 is 16.1 Å². The van der Waals surface area contributed by atoms with Crippen LogP contribution in [-0.2, 0) is 21.2 Å². The standard InChI is InChI=1S/C21H21ClN4O4S2/c22-17-2-1-3-18-16(17)8-11-26(18)19(9-12-27)20(28)24-14-4-6-15(7-5-14)32(29,30)25-21-23-10-13-31-21/h1-7,10,13,19,27H,8-9,11-12H2,(H,23,25)(H,24,28). The van der Waals surface area contributed by atoms with Gasteiger partial charge in [0.15, 0.2) is 5.13 Å². The van der Waals surface area contributed by atoms with Gasteiger partial charge in [0.1, 0.15) is 6.04 Å². The molecule has 8 nitrogen and oxygen atoms in total. The number of benzene rings is 2. The molecule has 32 heavy (non-hydrogen) atoms. The lowest BCUT2D eigenvalue weighted by molar-refractivity contribution is -0.117. The Bertz CT molecular complexity index is 1200. The van der Waals surface area contributed by atoms with E-state index in [1.807, 2.05) is 23.1 Å². The molecule has 3 N–H and O–H groups in total. The third kappa shape index (κ3) is 4.73. The number of rotatable bonds is 8. The Labute approximate surface area is 194 Å². The number of amides is 1. The zero-order valence-electron chi connectivity index (χ0n) is 16.9. The Balaban J connectivity index is 1.48. The van der Waals surface area contributed by atoms with E-state index in [0.717, 1.165) is 17.7 Å². The molecule has 1 atom stereocenters. The van der Waals surface area contributed by atoms with Crippen molar-refractivity contribution in [2.45, 2.75) is 23.8 Å². The van der Waals surface area contributed by atoms with E-state index in [4.69, 9.17) is 11.6 Å².